The van der Waals surface area contributed by atoms with Gasteiger partial charge in [-0.25, -0.2) is 8.78 Å². The van der Waals surface area contributed by atoms with Gasteiger partial charge in [0.1, 0.15) is 0 Å². The Hall–Kier alpha value is -1.26. The molecule has 0 saturated heterocycles. The highest BCUT2D eigenvalue weighted by molar-refractivity contribution is 5.36. The molecular formula is C11H13F3N2. The summed E-state index contributed by atoms with van der Waals surface area (Å²) in [4.78, 5) is 3.19. The van der Waals surface area contributed by atoms with Gasteiger partial charge >= 0.3 is 0 Å². The van der Waals surface area contributed by atoms with Gasteiger partial charge in [0.15, 0.2) is 17.5 Å². The Labute approximate surface area is 91.9 Å². The summed E-state index contributed by atoms with van der Waals surface area (Å²) in [5, 5.41) is 2.71. The summed E-state index contributed by atoms with van der Waals surface area (Å²) >= 11 is 0. The van der Waals surface area contributed by atoms with E-state index >= 15 is 0 Å². The van der Waals surface area contributed by atoms with Crippen LogP contribution in [0.15, 0.2) is 6.07 Å². The summed E-state index contributed by atoms with van der Waals surface area (Å²) in [5.41, 5.74) is 0.252. The first-order chi connectivity index (χ1) is 7.40. The molecule has 0 aliphatic heterocycles. The first-order valence-electron chi connectivity index (χ1n) is 5.15. The molecule has 1 fully saturated rings. The highest BCUT2D eigenvalue weighted by atomic mass is 19.2. The summed E-state index contributed by atoms with van der Waals surface area (Å²) < 4.78 is 38.5. The number of nitrogens with one attached hydrogen (secondary N) is 1. The van der Waals surface area contributed by atoms with E-state index in [4.69, 9.17) is 0 Å². The molecule has 0 radical (unpaired) electrons. The molecular weight excluding hydrogens is 217 g/mol. The quantitative estimate of drug-likeness (QED) is 0.807. The van der Waals surface area contributed by atoms with Gasteiger partial charge in [0, 0.05) is 12.6 Å². The molecule has 1 atom stereocenters. The fourth-order valence-corrected chi connectivity index (χ4v) is 1.71. The Bertz CT molecular complexity index is 418. The molecule has 5 heteroatoms. The van der Waals surface area contributed by atoms with Crippen molar-refractivity contribution in [2.24, 2.45) is 11.3 Å². The second kappa shape index (κ2) is 3.64. The minimum absolute atomic E-state index is 0.221. The number of aromatic nitrogens is 1. The third kappa shape index (κ3) is 2.13. The van der Waals surface area contributed by atoms with Crippen LogP contribution in [0.3, 0.4) is 0 Å². The number of anilines is 1. The molecule has 1 heterocycles. The molecule has 1 N–H and O–H groups in total. The number of rotatable bonds is 3. The largest absolute Gasteiger partial charge is 0.367 e. The van der Waals surface area contributed by atoms with Gasteiger partial charge < -0.3 is 5.32 Å². The Morgan fingerprint density at radius 2 is 2.00 bits per heavy atom. The lowest BCUT2D eigenvalue weighted by molar-refractivity contribution is 0.466. The SMILES string of the molecule is CC1(C)CC1CNc1nc(F)c(F)cc1F. The van der Waals surface area contributed by atoms with Gasteiger partial charge in [-0.15, -0.1) is 0 Å². The third-order valence-corrected chi connectivity index (χ3v) is 3.12. The zero-order chi connectivity index (χ0) is 11.9. The van der Waals surface area contributed by atoms with E-state index in [1.54, 1.807) is 0 Å². The second-order valence-corrected chi connectivity index (χ2v) is 4.86. The molecule has 1 aliphatic rings. The first-order valence-corrected chi connectivity index (χ1v) is 5.15. The van der Waals surface area contributed by atoms with Crippen molar-refractivity contribution in [3.63, 3.8) is 0 Å². The van der Waals surface area contributed by atoms with Crippen LogP contribution in [0.25, 0.3) is 0 Å². The van der Waals surface area contributed by atoms with E-state index < -0.39 is 17.6 Å². The molecule has 0 aromatic carbocycles. The molecule has 1 aromatic rings. The maximum absolute atomic E-state index is 13.2. The van der Waals surface area contributed by atoms with Crippen LogP contribution in [0.4, 0.5) is 19.0 Å². The van der Waals surface area contributed by atoms with Gasteiger partial charge in [0.2, 0.25) is 0 Å². The van der Waals surface area contributed by atoms with E-state index in [2.05, 4.69) is 24.1 Å². The van der Waals surface area contributed by atoms with E-state index in [9.17, 15) is 13.2 Å². The molecule has 88 valence electrons. The van der Waals surface area contributed by atoms with Gasteiger partial charge in [-0.2, -0.15) is 9.37 Å². The van der Waals surface area contributed by atoms with Gasteiger partial charge in [0.25, 0.3) is 5.95 Å². The van der Waals surface area contributed by atoms with Crippen LogP contribution in [-0.4, -0.2) is 11.5 Å². The van der Waals surface area contributed by atoms with Crippen LogP contribution in [0.1, 0.15) is 20.3 Å². The predicted molar refractivity (Wildman–Crippen MR) is 54.5 cm³/mol. The van der Waals surface area contributed by atoms with Crippen molar-refractivity contribution >= 4 is 5.82 Å². The monoisotopic (exact) mass is 230 g/mol. The van der Waals surface area contributed by atoms with Crippen molar-refractivity contribution in [3.05, 3.63) is 23.6 Å². The summed E-state index contributed by atoms with van der Waals surface area (Å²) in [6, 6.07) is 0.503. The van der Waals surface area contributed by atoms with Gasteiger partial charge in [-0.3, -0.25) is 0 Å². The smallest absolute Gasteiger partial charge is 0.251 e. The lowest BCUT2D eigenvalue weighted by Crippen LogP contribution is -2.11. The lowest BCUT2D eigenvalue weighted by atomic mass is 10.1. The maximum Gasteiger partial charge on any atom is 0.251 e. The highest BCUT2D eigenvalue weighted by Crippen LogP contribution is 2.51. The molecule has 0 amide bonds. The minimum Gasteiger partial charge on any atom is -0.367 e. The summed E-state index contributed by atoms with van der Waals surface area (Å²) in [7, 11) is 0. The Kier molecular flexibility index (Phi) is 2.56. The molecule has 2 rings (SSSR count). The fraction of sp³-hybridized carbons (Fsp3) is 0.545. The van der Waals surface area contributed by atoms with Crippen molar-refractivity contribution in [1.29, 1.82) is 0 Å². The Morgan fingerprint density at radius 3 is 2.56 bits per heavy atom. The zero-order valence-electron chi connectivity index (χ0n) is 9.15. The molecule has 0 spiro atoms. The molecule has 2 nitrogen and oxygen atoms in total. The van der Waals surface area contributed by atoms with E-state index in [0.717, 1.165) is 6.42 Å². The highest BCUT2D eigenvalue weighted by Gasteiger charge is 2.45. The van der Waals surface area contributed by atoms with Crippen LogP contribution < -0.4 is 5.32 Å². The Morgan fingerprint density at radius 1 is 1.38 bits per heavy atom. The van der Waals surface area contributed by atoms with Gasteiger partial charge in [0.05, 0.1) is 0 Å². The van der Waals surface area contributed by atoms with Crippen molar-refractivity contribution in [1.82, 2.24) is 4.98 Å². The molecule has 1 saturated carbocycles. The average molecular weight is 230 g/mol. The molecule has 1 aromatic heterocycles. The standard InChI is InChI=1S/C11H13F3N2/c1-11(2)4-6(11)5-15-10-8(13)3-7(12)9(14)16-10/h3,6H,4-5H2,1-2H3,(H,15,16). The van der Waals surface area contributed by atoms with E-state index in [1.165, 1.54) is 0 Å². The topological polar surface area (TPSA) is 24.9 Å². The van der Waals surface area contributed by atoms with E-state index in [1.807, 2.05) is 0 Å². The van der Waals surface area contributed by atoms with Crippen LogP contribution in [0.2, 0.25) is 0 Å². The number of hydrogen-bond acceptors (Lipinski definition) is 2. The fourth-order valence-electron chi connectivity index (χ4n) is 1.71. The molecule has 0 bridgehead atoms. The Balaban J connectivity index is 2.02. The summed E-state index contributed by atoms with van der Waals surface area (Å²) in [6.07, 6.45) is 1.05. The van der Waals surface area contributed by atoms with E-state index in [0.29, 0.717) is 18.5 Å². The van der Waals surface area contributed by atoms with Crippen LogP contribution >= 0.6 is 0 Å². The van der Waals surface area contributed by atoms with Gasteiger partial charge in [-0.05, 0) is 17.8 Å². The van der Waals surface area contributed by atoms with Crippen molar-refractivity contribution < 1.29 is 13.2 Å². The van der Waals surface area contributed by atoms with Crippen LogP contribution in [0.5, 0.6) is 0 Å². The molecule has 1 aliphatic carbocycles. The lowest BCUT2D eigenvalue weighted by Gasteiger charge is -2.08. The predicted octanol–water partition coefficient (Wildman–Crippen LogP) is 2.96. The van der Waals surface area contributed by atoms with Crippen molar-refractivity contribution in [3.8, 4) is 0 Å². The number of halogens is 3. The van der Waals surface area contributed by atoms with Crippen molar-refractivity contribution in [2.45, 2.75) is 20.3 Å². The van der Waals surface area contributed by atoms with Crippen LogP contribution in [0, 0.1) is 28.9 Å². The average Bonchev–Trinajstić information content (AvgIpc) is 2.78. The summed E-state index contributed by atoms with van der Waals surface area (Å²) in [5.74, 6) is -3.20. The minimum atomic E-state index is -1.28. The molecule has 16 heavy (non-hydrogen) atoms. The van der Waals surface area contributed by atoms with Gasteiger partial charge in [-0.1, -0.05) is 13.8 Å². The second-order valence-electron chi connectivity index (χ2n) is 4.86. The number of nitrogens with zero attached hydrogens (tertiary/aromatic N) is 1. The van der Waals surface area contributed by atoms with Crippen molar-refractivity contribution in [2.75, 3.05) is 11.9 Å². The maximum atomic E-state index is 13.2. The summed E-state index contributed by atoms with van der Waals surface area (Å²) in [6.45, 7) is 4.74. The normalized spacial score (nSPS) is 21.9. The molecule has 1 unspecified atom stereocenters. The first kappa shape index (κ1) is 11.2. The number of pyridine rings is 1. The third-order valence-electron chi connectivity index (χ3n) is 3.12. The zero-order valence-corrected chi connectivity index (χ0v) is 9.15. The van der Waals surface area contributed by atoms with E-state index in [-0.39, 0.29) is 11.2 Å². The number of hydrogen-bond donors (Lipinski definition) is 1. The van der Waals surface area contributed by atoms with Crippen LogP contribution in [-0.2, 0) is 0 Å².